The highest BCUT2D eigenvalue weighted by Crippen LogP contribution is 2.26. The molecular formula is C24H26N4O5. The van der Waals surface area contributed by atoms with Crippen LogP contribution in [0.4, 0.5) is 10.5 Å². The number of aryl methyl sites for hydroxylation is 2. The molecule has 1 fully saturated rings. The van der Waals surface area contributed by atoms with Crippen molar-refractivity contribution in [1.82, 2.24) is 14.7 Å². The van der Waals surface area contributed by atoms with E-state index in [9.17, 15) is 24.0 Å². The summed E-state index contributed by atoms with van der Waals surface area (Å²) in [6.07, 6.45) is 0. The number of hydrogen-bond donors (Lipinski definition) is 1. The number of carbonyl (C=O) groups is 5. The Hall–Kier alpha value is -4.01. The van der Waals surface area contributed by atoms with E-state index in [0.717, 1.165) is 20.9 Å². The fourth-order valence-corrected chi connectivity index (χ4v) is 3.63. The molecule has 0 saturated carbocycles. The maximum Gasteiger partial charge on any atom is 0.335 e. The normalized spacial score (nSPS) is 14.5. The fourth-order valence-electron chi connectivity index (χ4n) is 3.63. The van der Waals surface area contributed by atoms with E-state index < -0.39 is 42.2 Å². The van der Waals surface area contributed by atoms with Crippen LogP contribution in [-0.2, 0) is 19.2 Å². The van der Waals surface area contributed by atoms with Crippen LogP contribution >= 0.6 is 0 Å². The van der Waals surface area contributed by atoms with E-state index in [1.807, 2.05) is 32.0 Å². The van der Waals surface area contributed by atoms with Gasteiger partial charge < -0.3 is 10.2 Å². The van der Waals surface area contributed by atoms with E-state index in [0.29, 0.717) is 16.2 Å². The van der Waals surface area contributed by atoms with E-state index in [4.69, 9.17) is 0 Å². The summed E-state index contributed by atoms with van der Waals surface area (Å²) >= 11 is 0. The number of nitrogens with zero attached hydrogens (tertiary/aromatic N) is 3. The number of amides is 6. The number of rotatable bonds is 7. The molecule has 1 aliphatic heterocycles. The van der Waals surface area contributed by atoms with Crippen molar-refractivity contribution in [2.45, 2.75) is 26.8 Å². The first-order valence-corrected chi connectivity index (χ1v) is 10.5. The molecule has 1 atom stereocenters. The third kappa shape index (κ3) is 4.92. The van der Waals surface area contributed by atoms with Gasteiger partial charge in [-0.05, 0) is 37.5 Å². The van der Waals surface area contributed by atoms with Gasteiger partial charge in [0.05, 0.1) is 12.6 Å². The molecule has 0 aliphatic carbocycles. The monoisotopic (exact) mass is 450 g/mol. The number of hydrogen-bond acceptors (Lipinski definition) is 5. The van der Waals surface area contributed by atoms with Gasteiger partial charge in [0.1, 0.15) is 6.54 Å². The number of nitrogens with one attached hydrogen (secondary N) is 1. The van der Waals surface area contributed by atoms with Crippen molar-refractivity contribution in [1.29, 1.82) is 0 Å². The maximum absolute atomic E-state index is 12.8. The topological polar surface area (TPSA) is 107 Å². The van der Waals surface area contributed by atoms with Crippen LogP contribution in [-0.4, -0.2) is 64.5 Å². The number of urea groups is 1. The molecule has 2 aromatic rings. The molecule has 1 N–H and O–H groups in total. The van der Waals surface area contributed by atoms with Gasteiger partial charge in [-0.25, -0.2) is 14.6 Å². The SMILES string of the molecule is Cc1cccc(C)c1NC(=O)CN(C)C(=O)CN1C(=O)C(=O)N(C(C)c2ccccc2)C1=O. The molecule has 0 bridgehead atoms. The van der Waals surface area contributed by atoms with Gasteiger partial charge in [-0.1, -0.05) is 48.5 Å². The van der Waals surface area contributed by atoms with Crippen LogP contribution in [0.3, 0.4) is 0 Å². The average Bonchev–Trinajstić information content (AvgIpc) is 2.99. The molecule has 9 nitrogen and oxygen atoms in total. The van der Waals surface area contributed by atoms with Crippen molar-refractivity contribution in [3.05, 3.63) is 65.2 Å². The van der Waals surface area contributed by atoms with Crippen LogP contribution in [0.25, 0.3) is 0 Å². The highest BCUT2D eigenvalue weighted by molar-refractivity contribution is 6.45. The molecular weight excluding hydrogens is 424 g/mol. The Balaban J connectivity index is 1.64. The zero-order chi connectivity index (χ0) is 24.3. The summed E-state index contributed by atoms with van der Waals surface area (Å²) in [7, 11) is 1.39. The third-order valence-electron chi connectivity index (χ3n) is 5.60. The molecule has 33 heavy (non-hydrogen) atoms. The molecule has 6 amide bonds. The highest BCUT2D eigenvalue weighted by Gasteiger charge is 2.47. The minimum absolute atomic E-state index is 0.277. The molecule has 2 aromatic carbocycles. The Labute approximate surface area is 191 Å². The molecule has 1 aliphatic rings. The van der Waals surface area contributed by atoms with Gasteiger partial charge in [-0.3, -0.25) is 19.2 Å². The molecule has 0 aromatic heterocycles. The van der Waals surface area contributed by atoms with Gasteiger partial charge >= 0.3 is 17.8 Å². The number of likely N-dealkylation sites (N-methyl/N-ethyl adjacent to an activating group) is 1. The lowest BCUT2D eigenvalue weighted by atomic mass is 10.1. The van der Waals surface area contributed by atoms with Crippen LogP contribution in [0.15, 0.2) is 48.5 Å². The zero-order valence-electron chi connectivity index (χ0n) is 19.0. The predicted octanol–water partition coefficient (Wildman–Crippen LogP) is 2.25. The van der Waals surface area contributed by atoms with Crippen LogP contribution in [0.1, 0.15) is 29.7 Å². The Morgan fingerprint density at radius 3 is 2.15 bits per heavy atom. The standard InChI is InChI=1S/C24H26N4O5/c1-15-9-8-10-16(2)21(15)25-19(29)13-26(4)20(30)14-27-22(31)23(32)28(24(27)33)17(3)18-11-6-5-7-12-18/h5-12,17H,13-14H2,1-4H3,(H,25,29). The summed E-state index contributed by atoms with van der Waals surface area (Å²) in [5, 5.41) is 2.78. The Morgan fingerprint density at radius 2 is 1.55 bits per heavy atom. The summed E-state index contributed by atoms with van der Waals surface area (Å²) < 4.78 is 0. The first-order valence-electron chi connectivity index (χ1n) is 10.5. The Kier molecular flexibility index (Phi) is 6.91. The summed E-state index contributed by atoms with van der Waals surface area (Å²) in [6.45, 7) is 4.45. The Bertz CT molecular complexity index is 1090. The van der Waals surface area contributed by atoms with Gasteiger partial charge in [0, 0.05) is 12.7 Å². The molecule has 172 valence electrons. The van der Waals surface area contributed by atoms with Gasteiger partial charge in [0.2, 0.25) is 11.8 Å². The van der Waals surface area contributed by atoms with Crippen molar-refractivity contribution in [2.75, 3.05) is 25.5 Å². The Morgan fingerprint density at radius 1 is 0.939 bits per heavy atom. The van der Waals surface area contributed by atoms with Gasteiger partial charge in [0.25, 0.3) is 0 Å². The summed E-state index contributed by atoms with van der Waals surface area (Å²) in [6, 6.07) is 12.9. The van der Waals surface area contributed by atoms with Crippen LogP contribution in [0.2, 0.25) is 0 Å². The van der Waals surface area contributed by atoms with Crippen molar-refractivity contribution >= 4 is 35.3 Å². The molecule has 1 heterocycles. The molecule has 1 saturated heterocycles. The minimum Gasteiger partial charge on any atom is -0.335 e. The quantitative estimate of drug-likeness (QED) is 0.514. The van der Waals surface area contributed by atoms with E-state index in [2.05, 4.69) is 5.32 Å². The van der Waals surface area contributed by atoms with Crippen LogP contribution in [0, 0.1) is 13.8 Å². The second-order valence-electron chi connectivity index (χ2n) is 8.00. The molecule has 0 spiro atoms. The lowest BCUT2D eigenvalue weighted by Gasteiger charge is -2.23. The second kappa shape index (κ2) is 9.64. The molecule has 1 unspecified atom stereocenters. The van der Waals surface area contributed by atoms with Crippen LogP contribution < -0.4 is 5.32 Å². The van der Waals surface area contributed by atoms with E-state index in [1.54, 1.807) is 37.3 Å². The number of para-hydroxylation sites is 1. The summed E-state index contributed by atoms with van der Waals surface area (Å²) in [5.41, 5.74) is 3.12. The van der Waals surface area contributed by atoms with Gasteiger partial charge in [-0.15, -0.1) is 0 Å². The maximum atomic E-state index is 12.8. The lowest BCUT2D eigenvalue weighted by molar-refractivity contribution is -0.145. The van der Waals surface area contributed by atoms with Gasteiger partial charge in [0.15, 0.2) is 0 Å². The van der Waals surface area contributed by atoms with E-state index in [1.165, 1.54) is 7.05 Å². The molecule has 9 heteroatoms. The summed E-state index contributed by atoms with van der Waals surface area (Å²) in [4.78, 5) is 65.3. The number of imide groups is 2. The van der Waals surface area contributed by atoms with Crippen molar-refractivity contribution in [3.8, 4) is 0 Å². The lowest BCUT2D eigenvalue weighted by Crippen LogP contribution is -2.44. The van der Waals surface area contributed by atoms with Crippen molar-refractivity contribution in [2.24, 2.45) is 0 Å². The fraction of sp³-hybridized carbons (Fsp3) is 0.292. The van der Waals surface area contributed by atoms with E-state index >= 15 is 0 Å². The minimum atomic E-state index is -1.07. The van der Waals surface area contributed by atoms with Crippen molar-refractivity contribution in [3.63, 3.8) is 0 Å². The first kappa shape index (κ1) is 23.6. The smallest absolute Gasteiger partial charge is 0.335 e. The van der Waals surface area contributed by atoms with Crippen LogP contribution in [0.5, 0.6) is 0 Å². The third-order valence-corrected chi connectivity index (χ3v) is 5.60. The number of benzene rings is 2. The largest absolute Gasteiger partial charge is 0.335 e. The van der Waals surface area contributed by atoms with Gasteiger partial charge in [-0.2, -0.15) is 0 Å². The number of carbonyl (C=O) groups excluding carboxylic acids is 5. The summed E-state index contributed by atoms with van der Waals surface area (Å²) in [5.74, 6) is -3.11. The van der Waals surface area contributed by atoms with Crippen molar-refractivity contribution < 1.29 is 24.0 Å². The van der Waals surface area contributed by atoms with E-state index in [-0.39, 0.29) is 6.54 Å². The molecule has 0 radical (unpaired) electrons. The zero-order valence-corrected chi connectivity index (χ0v) is 19.0. The second-order valence-corrected chi connectivity index (χ2v) is 8.00. The molecule has 3 rings (SSSR count). The first-order chi connectivity index (χ1) is 15.6. The highest BCUT2D eigenvalue weighted by atomic mass is 16.2. The number of anilines is 1. The average molecular weight is 450 g/mol. The predicted molar refractivity (Wildman–Crippen MR) is 121 cm³/mol.